The summed E-state index contributed by atoms with van der Waals surface area (Å²) in [6.45, 7) is 1.59. The molecule has 3 aromatic rings. The summed E-state index contributed by atoms with van der Waals surface area (Å²) in [5, 5.41) is 10.7. The van der Waals surface area contributed by atoms with E-state index in [1.807, 2.05) is 59.3 Å². The number of aliphatic carboxylic acids is 1. The molecule has 22 heavy (non-hydrogen) atoms. The summed E-state index contributed by atoms with van der Waals surface area (Å²) < 4.78 is 2.02. The maximum Gasteiger partial charge on any atom is 0.331 e. The lowest BCUT2D eigenvalue weighted by molar-refractivity contribution is -0.132. The summed E-state index contributed by atoms with van der Waals surface area (Å²) in [6, 6.07) is 15.5. The van der Waals surface area contributed by atoms with E-state index in [-0.39, 0.29) is 0 Å². The first kappa shape index (κ1) is 14.4. The normalized spacial score (nSPS) is 11.8. The molecule has 1 aromatic heterocycles. The van der Waals surface area contributed by atoms with Crippen LogP contribution in [0, 0.1) is 0 Å². The van der Waals surface area contributed by atoms with Crippen LogP contribution in [0.1, 0.15) is 12.5 Å². The summed E-state index contributed by atoms with van der Waals surface area (Å²) in [6.07, 6.45) is 3.61. The zero-order valence-corrected chi connectivity index (χ0v) is 12.7. The fourth-order valence-corrected chi connectivity index (χ4v) is 2.60. The number of rotatable bonds is 3. The van der Waals surface area contributed by atoms with Crippen LogP contribution in [0.15, 0.2) is 60.3 Å². The van der Waals surface area contributed by atoms with Gasteiger partial charge >= 0.3 is 5.97 Å². The molecule has 1 heterocycles. The SMILES string of the molecule is C/C(=C\c1cn(-c2ccccc2)c2cc(Cl)ccc12)C(=O)O. The summed E-state index contributed by atoms with van der Waals surface area (Å²) in [7, 11) is 0. The lowest BCUT2D eigenvalue weighted by atomic mass is 10.1. The summed E-state index contributed by atoms with van der Waals surface area (Å²) in [4.78, 5) is 11.1. The lowest BCUT2D eigenvalue weighted by Gasteiger charge is -2.04. The highest BCUT2D eigenvalue weighted by atomic mass is 35.5. The zero-order valence-electron chi connectivity index (χ0n) is 12.0. The van der Waals surface area contributed by atoms with Crippen molar-refractivity contribution in [2.45, 2.75) is 6.92 Å². The van der Waals surface area contributed by atoms with Crippen molar-refractivity contribution >= 4 is 34.5 Å². The van der Waals surface area contributed by atoms with Gasteiger partial charge in [-0.15, -0.1) is 0 Å². The van der Waals surface area contributed by atoms with Crippen molar-refractivity contribution in [2.24, 2.45) is 0 Å². The first-order valence-electron chi connectivity index (χ1n) is 6.84. The second kappa shape index (κ2) is 5.70. The number of carbonyl (C=O) groups is 1. The zero-order chi connectivity index (χ0) is 15.7. The molecule has 0 aliphatic carbocycles. The average Bonchev–Trinajstić information content (AvgIpc) is 2.86. The fourth-order valence-electron chi connectivity index (χ4n) is 2.44. The van der Waals surface area contributed by atoms with Crippen molar-refractivity contribution in [3.63, 3.8) is 0 Å². The Kier molecular flexibility index (Phi) is 3.73. The second-order valence-electron chi connectivity index (χ2n) is 5.08. The molecule has 0 atom stereocenters. The molecule has 1 N–H and O–H groups in total. The number of benzene rings is 2. The smallest absolute Gasteiger partial charge is 0.331 e. The molecule has 4 heteroatoms. The number of carboxylic acids is 1. The number of hydrogen-bond acceptors (Lipinski definition) is 1. The molecule has 2 aromatic carbocycles. The molecule has 0 saturated carbocycles. The maximum absolute atomic E-state index is 11.1. The molecule has 0 radical (unpaired) electrons. The summed E-state index contributed by atoms with van der Waals surface area (Å²) >= 11 is 6.12. The third-order valence-corrected chi connectivity index (χ3v) is 3.78. The highest BCUT2D eigenvalue weighted by molar-refractivity contribution is 6.31. The molecule has 0 fully saturated rings. The summed E-state index contributed by atoms with van der Waals surface area (Å²) in [5.41, 5.74) is 3.10. The largest absolute Gasteiger partial charge is 0.478 e. The van der Waals surface area contributed by atoms with Gasteiger partial charge < -0.3 is 9.67 Å². The van der Waals surface area contributed by atoms with Gasteiger partial charge in [0.2, 0.25) is 0 Å². The maximum atomic E-state index is 11.1. The Balaban J connectivity index is 2.28. The first-order chi connectivity index (χ1) is 10.6. The Hall–Kier alpha value is -2.52. The van der Waals surface area contributed by atoms with Gasteiger partial charge in [0, 0.05) is 33.4 Å². The number of fused-ring (bicyclic) bond motifs is 1. The molecule has 3 rings (SSSR count). The number of aromatic nitrogens is 1. The van der Waals surface area contributed by atoms with E-state index in [1.165, 1.54) is 0 Å². The number of carboxylic acid groups (broad SMARTS) is 1. The van der Waals surface area contributed by atoms with Gasteiger partial charge in [0.15, 0.2) is 0 Å². The molecule has 110 valence electrons. The highest BCUT2D eigenvalue weighted by Gasteiger charge is 2.10. The van der Waals surface area contributed by atoms with Crippen molar-refractivity contribution in [3.8, 4) is 5.69 Å². The summed E-state index contributed by atoms with van der Waals surface area (Å²) in [5.74, 6) is -0.922. The van der Waals surface area contributed by atoms with Gasteiger partial charge in [-0.2, -0.15) is 0 Å². The van der Waals surface area contributed by atoms with E-state index >= 15 is 0 Å². The fraction of sp³-hybridized carbons (Fsp3) is 0.0556. The molecule has 3 nitrogen and oxygen atoms in total. The molecule has 0 aliphatic rings. The molecule has 0 bridgehead atoms. The average molecular weight is 312 g/mol. The minimum Gasteiger partial charge on any atom is -0.478 e. The van der Waals surface area contributed by atoms with Gasteiger partial charge in [-0.3, -0.25) is 0 Å². The van der Waals surface area contributed by atoms with Crippen molar-refractivity contribution in [3.05, 3.63) is 70.9 Å². The van der Waals surface area contributed by atoms with Crippen LogP contribution in [-0.2, 0) is 4.79 Å². The van der Waals surface area contributed by atoms with E-state index in [4.69, 9.17) is 16.7 Å². The van der Waals surface area contributed by atoms with E-state index in [0.29, 0.717) is 10.6 Å². The van der Waals surface area contributed by atoms with Crippen LogP contribution in [0.25, 0.3) is 22.7 Å². The van der Waals surface area contributed by atoms with Crippen LogP contribution >= 0.6 is 11.6 Å². The number of halogens is 1. The Morgan fingerprint density at radius 2 is 1.91 bits per heavy atom. The van der Waals surface area contributed by atoms with Crippen molar-refractivity contribution in [1.82, 2.24) is 4.57 Å². The third kappa shape index (κ3) is 2.63. The third-order valence-electron chi connectivity index (χ3n) is 3.54. The molecular formula is C18H14ClNO2. The number of hydrogen-bond donors (Lipinski definition) is 1. The van der Waals surface area contributed by atoms with E-state index < -0.39 is 5.97 Å². The van der Waals surface area contributed by atoms with Crippen LogP contribution in [0.3, 0.4) is 0 Å². The monoisotopic (exact) mass is 311 g/mol. The van der Waals surface area contributed by atoms with Crippen LogP contribution in [0.5, 0.6) is 0 Å². The van der Waals surface area contributed by atoms with Crippen LogP contribution in [-0.4, -0.2) is 15.6 Å². The molecule has 0 amide bonds. The predicted octanol–water partition coefficient (Wildman–Crippen LogP) is 4.77. The molecule has 0 aliphatic heterocycles. The molecule has 0 saturated heterocycles. The Bertz CT molecular complexity index is 879. The number of para-hydroxylation sites is 1. The van der Waals surface area contributed by atoms with Crippen molar-refractivity contribution < 1.29 is 9.90 Å². The van der Waals surface area contributed by atoms with Crippen LogP contribution < -0.4 is 0 Å². The minimum absolute atomic E-state index is 0.294. The second-order valence-corrected chi connectivity index (χ2v) is 5.52. The van der Waals surface area contributed by atoms with Gasteiger partial charge in [-0.25, -0.2) is 4.79 Å². The predicted molar refractivity (Wildman–Crippen MR) is 89.6 cm³/mol. The van der Waals surface area contributed by atoms with Gasteiger partial charge in [0.25, 0.3) is 0 Å². The van der Waals surface area contributed by atoms with Gasteiger partial charge in [-0.05, 0) is 37.3 Å². The van der Waals surface area contributed by atoms with E-state index in [2.05, 4.69) is 0 Å². The molecular weight excluding hydrogens is 298 g/mol. The van der Waals surface area contributed by atoms with E-state index in [1.54, 1.807) is 13.0 Å². The molecule has 0 spiro atoms. The van der Waals surface area contributed by atoms with Crippen molar-refractivity contribution in [1.29, 1.82) is 0 Å². The Morgan fingerprint density at radius 1 is 1.18 bits per heavy atom. The van der Waals surface area contributed by atoms with Crippen LogP contribution in [0.2, 0.25) is 5.02 Å². The lowest BCUT2D eigenvalue weighted by Crippen LogP contribution is -1.95. The van der Waals surface area contributed by atoms with Gasteiger partial charge in [-0.1, -0.05) is 35.9 Å². The standard InChI is InChI=1S/C18H14ClNO2/c1-12(18(21)22)9-13-11-20(15-5-3-2-4-6-15)17-10-14(19)7-8-16(13)17/h2-11H,1H3,(H,21,22)/b12-9+. The minimum atomic E-state index is -0.922. The van der Waals surface area contributed by atoms with Crippen molar-refractivity contribution in [2.75, 3.05) is 0 Å². The van der Waals surface area contributed by atoms with E-state index in [0.717, 1.165) is 22.2 Å². The first-order valence-corrected chi connectivity index (χ1v) is 7.21. The van der Waals surface area contributed by atoms with Crippen LogP contribution in [0.4, 0.5) is 0 Å². The van der Waals surface area contributed by atoms with E-state index in [9.17, 15) is 4.79 Å². The highest BCUT2D eigenvalue weighted by Crippen LogP contribution is 2.29. The van der Waals surface area contributed by atoms with Gasteiger partial charge in [0.1, 0.15) is 0 Å². The molecule has 0 unspecified atom stereocenters. The Labute approximate surface area is 133 Å². The van der Waals surface area contributed by atoms with Gasteiger partial charge in [0.05, 0.1) is 5.52 Å². The number of nitrogens with zero attached hydrogens (tertiary/aromatic N) is 1. The topological polar surface area (TPSA) is 42.2 Å². The quantitative estimate of drug-likeness (QED) is 0.708. The Morgan fingerprint density at radius 3 is 2.59 bits per heavy atom.